The molecule has 0 heterocycles. The van der Waals surface area contributed by atoms with E-state index in [1.807, 2.05) is 0 Å². The van der Waals surface area contributed by atoms with Gasteiger partial charge in [0.05, 0.1) is 13.5 Å². The van der Waals surface area contributed by atoms with Crippen LogP contribution in [0.15, 0.2) is 0 Å². The zero-order valence-corrected chi connectivity index (χ0v) is 12.0. The SMILES string of the molecule is CCCC(C)CS(=O)CC1(CC(=O)OC)CC1. The fraction of sp³-hybridized carbons (Fsp3) is 0.923. The summed E-state index contributed by atoms with van der Waals surface area (Å²) in [6.07, 6.45) is 4.77. The van der Waals surface area contributed by atoms with Crippen molar-refractivity contribution < 1.29 is 13.7 Å². The summed E-state index contributed by atoms with van der Waals surface area (Å²) in [6.45, 7) is 4.31. The zero-order valence-electron chi connectivity index (χ0n) is 11.2. The number of esters is 1. The molecule has 3 nitrogen and oxygen atoms in total. The van der Waals surface area contributed by atoms with Crippen molar-refractivity contribution in [2.24, 2.45) is 11.3 Å². The van der Waals surface area contributed by atoms with Crippen LogP contribution in [-0.4, -0.2) is 28.8 Å². The molecule has 0 aromatic carbocycles. The second kappa shape index (κ2) is 6.53. The van der Waals surface area contributed by atoms with Crippen molar-refractivity contribution in [2.75, 3.05) is 18.6 Å². The van der Waals surface area contributed by atoms with E-state index in [-0.39, 0.29) is 11.4 Å². The van der Waals surface area contributed by atoms with E-state index in [4.69, 9.17) is 0 Å². The Morgan fingerprint density at radius 3 is 2.59 bits per heavy atom. The predicted molar refractivity (Wildman–Crippen MR) is 70.2 cm³/mol. The van der Waals surface area contributed by atoms with E-state index in [9.17, 15) is 9.00 Å². The molecule has 0 saturated heterocycles. The van der Waals surface area contributed by atoms with Gasteiger partial charge in [-0.2, -0.15) is 0 Å². The maximum atomic E-state index is 12.0. The Morgan fingerprint density at radius 1 is 1.47 bits per heavy atom. The van der Waals surface area contributed by atoms with Crippen LogP contribution in [-0.2, 0) is 20.3 Å². The Hall–Kier alpha value is -0.380. The number of hydrogen-bond acceptors (Lipinski definition) is 3. The molecular formula is C13H24O3S. The first-order valence-electron chi connectivity index (χ1n) is 6.43. The highest BCUT2D eigenvalue weighted by Crippen LogP contribution is 2.49. The van der Waals surface area contributed by atoms with Crippen molar-refractivity contribution in [1.29, 1.82) is 0 Å². The molecule has 0 amide bonds. The van der Waals surface area contributed by atoms with Crippen LogP contribution in [0.1, 0.15) is 46.0 Å². The largest absolute Gasteiger partial charge is 0.469 e. The third kappa shape index (κ3) is 5.19. The minimum Gasteiger partial charge on any atom is -0.469 e. The minimum atomic E-state index is -0.785. The summed E-state index contributed by atoms with van der Waals surface area (Å²) in [5.74, 6) is 1.81. The Morgan fingerprint density at radius 2 is 2.12 bits per heavy atom. The second-order valence-electron chi connectivity index (χ2n) is 5.40. The molecular weight excluding hydrogens is 236 g/mol. The molecule has 1 saturated carbocycles. The quantitative estimate of drug-likeness (QED) is 0.630. The average Bonchev–Trinajstić information content (AvgIpc) is 2.97. The lowest BCUT2D eigenvalue weighted by Gasteiger charge is -2.15. The van der Waals surface area contributed by atoms with Crippen LogP contribution in [0.5, 0.6) is 0 Å². The molecule has 1 aliphatic rings. The van der Waals surface area contributed by atoms with E-state index < -0.39 is 10.8 Å². The van der Waals surface area contributed by atoms with Crippen molar-refractivity contribution in [3.8, 4) is 0 Å². The monoisotopic (exact) mass is 260 g/mol. The number of carbonyl (C=O) groups excluding carboxylic acids is 1. The normalized spacial score (nSPS) is 20.6. The summed E-state index contributed by atoms with van der Waals surface area (Å²) in [6, 6.07) is 0. The van der Waals surface area contributed by atoms with E-state index >= 15 is 0 Å². The van der Waals surface area contributed by atoms with Gasteiger partial charge in [-0.05, 0) is 24.2 Å². The van der Waals surface area contributed by atoms with Crippen molar-refractivity contribution in [3.63, 3.8) is 0 Å². The minimum absolute atomic E-state index is 0.00386. The number of rotatable bonds is 8. The van der Waals surface area contributed by atoms with E-state index in [1.165, 1.54) is 7.11 Å². The molecule has 2 atom stereocenters. The van der Waals surface area contributed by atoms with E-state index in [1.54, 1.807) is 0 Å². The van der Waals surface area contributed by atoms with Gasteiger partial charge >= 0.3 is 5.97 Å². The number of hydrogen-bond donors (Lipinski definition) is 0. The molecule has 1 rings (SSSR count). The van der Waals surface area contributed by atoms with Crippen LogP contribution in [0.3, 0.4) is 0 Å². The Labute approximate surface area is 107 Å². The molecule has 1 aliphatic carbocycles. The number of ether oxygens (including phenoxy) is 1. The van der Waals surface area contributed by atoms with Crippen molar-refractivity contribution in [2.45, 2.75) is 46.0 Å². The molecule has 1 fully saturated rings. The molecule has 0 aromatic rings. The standard InChI is InChI=1S/C13H24O3S/c1-4-5-11(2)9-17(15)10-13(6-7-13)8-12(14)16-3/h11H,4-10H2,1-3H3. The molecule has 0 N–H and O–H groups in total. The highest BCUT2D eigenvalue weighted by Gasteiger charge is 2.45. The Balaban J connectivity index is 2.33. The van der Waals surface area contributed by atoms with E-state index in [2.05, 4.69) is 18.6 Å². The van der Waals surface area contributed by atoms with Gasteiger partial charge in [-0.25, -0.2) is 0 Å². The molecule has 17 heavy (non-hydrogen) atoms. The third-order valence-electron chi connectivity index (χ3n) is 3.42. The van der Waals surface area contributed by atoms with Gasteiger partial charge in [0.2, 0.25) is 0 Å². The molecule has 4 heteroatoms. The smallest absolute Gasteiger partial charge is 0.306 e. The topological polar surface area (TPSA) is 43.4 Å². The van der Waals surface area contributed by atoms with Gasteiger partial charge < -0.3 is 4.74 Å². The maximum Gasteiger partial charge on any atom is 0.306 e. The molecule has 0 bridgehead atoms. The van der Waals surface area contributed by atoms with Crippen LogP contribution >= 0.6 is 0 Å². The summed E-state index contributed by atoms with van der Waals surface area (Å²) >= 11 is 0. The van der Waals surface area contributed by atoms with Gasteiger partial charge in [0.15, 0.2) is 0 Å². The average molecular weight is 260 g/mol. The van der Waals surface area contributed by atoms with Crippen LogP contribution in [0, 0.1) is 11.3 Å². The van der Waals surface area contributed by atoms with Gasteiger partial charge in [-0.3, -0.25) is 9.00 Å². The molecule has 0 aliphatic heterocycles. The maximum absolute atomic E-state index is 12.0. The first kappa shape index (κ1) is 14.7. The Bertz CT molecular complexity index is 284. The number of methoxy groups -OCH3 is 1. The summed E-state index contributed by atoms with van der Waals surface area (Å²) in [5, 5.41) is 0. The Kier molecular flexibility index (Phi) is 5.63. The lowest BCUT2D eigenvalue weighted by atomic mass is 10.1. The highest BCUT2D eigenvalue weighted by atomic mass is 32.2. The second-order valence-corrected chi connectivity index (χ2v) is 6.90. The summed E-state index contributed by atoms with van der Waals surface area (Å²) in [7, 11) is 0.631. The van der Waals surface area contributed by atoms with E-state index in [0.29, 0.717) is 18.1 Å². The van der Waals surface area contributed by atoms with Crippen LogP contribution in [0.4, 0.5) is 0 Å². The summed E-state index contributed by atoms with van der Waals surface area (Å²) in [4.78, 5) is 11.3. The lowest BCUT2D eigenvalue weighted by Crippen LogP contribution is -2.21. The van der Waals surface area contributed by atoms with Crippen LogP contribution in [0.25, 0.3) is 0 Å². The van der Waals surface area contributed by atoms with Gasteiger partial charge in [-0.15, -0.1) is 0 Å². The van der Waals surface area contributed by atoms with Crippen molar-refractivity contribution >= 4 is 16.8 Å². The van der Waals surface area contributed by atoms with Gasteiger partial charge in [0, 0.05) is 22.3 Å². The fourth-order valence-corrected chi connectivity index (χ4v) is 4.21. The summed E-state index contributed by atoms with van der Waals surface area (Å²) < 4.78 is 16.7. The lowest BCUT2D eigenvalue weighted by molar-refractivity contribution is -0.141. The fourth-order valence-electron chi connectivity index (χ4n) is 2.22. The van der Waals surface area contributed by atoms with Crippen LogP contribution < -0.4 is 0 Å². The van der Waals surface area contributed by atoms with Gasteiger partial charge in [0.25, 0.3) is 0 Å². The molecule has 100 valence electrons. The van der Waals surface area contributed by atoms with Crippen LogP contribution in [0.2, 0.25) is 0 Å². The molecule has 2 unspecified atom stereocenters. The van der Waals surface area contributed by atoms with E-state index in [0.717, 1.165) is 31.4 Å². The third-order valence-corrected chi connectivity index (χ3v) is 5.30. The molecule has 0 spiro atoms. The molecule has 0 aromatic heterocycles. The number of carbonyl (C=O) groups is 1. The first-order chi connectivity index (χ1) is 8.01. The predicted octanol–water partition coefficient (Wildman–Crippen LogP) is 2.51. The zero-order chi connectivity index (χ0) is 12.9. The first-order valence-corrected chi connectivity index (χ1v) is 7.92. The van der Waals surface area contributed by atoms with Crippen molar-refractivity contribution in [1.82, 2.24) is 0 Å². The van der Waals surface area contributed by atoms with Gasteiger partial charge in [-0.1, -0.05) is 26.7 Å². The molecule has 0 radical (unpaired) electrons. The summed E-state index contributed by atoms with van der Waals surface area (Å²) in [5.41, 5.74) is 0.00386. The highest BCUT2D eigenvalue weighted by molar-refractivity contribution is 7.85. The van der Waals surface area contributed by atoms with Crippen molar-refractivity contribution in [3.05, 3.63) is 0 Å². The van der Waals surface area contributed by atoms with Gasteiger partial charge in [0.1, 0.15) is 0 Å².